The average molecular weight is 235 g/mol. The summed E-state index contributed by atoms with van der Waals surface area (Å²) in [5.41, 5.74) is 0. The van der Waals surface area contributed by atoms with Crippen LogP contribution in [-0.2, 0) is 9.84 Å². The first-order valence-electron chi connectivity index (χ1n) is 4.48. The van der Waals surface area contributed by atoms with Gasteiger partial charge in [-0.05, 0) is 18.9 Å². The fraction of sp³-hybridized carbons (Fsp3) is 0.625. The first-order chi connectivity index (χ1) is 6.58. The van der Waals surface area contributed by atoms with Gasteiger partial charge < -0.3 is 0 Å². The molecule has 0 spiro atoms. The van der Waals surface area contributed by atoms with Gasteiger partial charge in [0.25, 0.3) is 0 Å². The first-order valence-corrected chi connectivity index (χ1v) is 6.68. The van der Waals surface area contributed by atoms with E-state index in [-0.39, 0.29) is 11.8 Å². The molecule has 0 radical (unpaired) electrons. The van der Waals surface area contributed by atoms with Crippen LogP contribution in [0.2, 0.25) is 5.15 Å². The number of rotatable bonds is 1. The third-order valence-corrected chi connectivity index (χ3v) is 4.51. The Morgan fingerprint density at radius 3 is 2.93 bits per heavy atom. The summed E-state index contributed by atoms with van der Waals surface area (Å²) in [5, 5.41) is 4.53. The maximum Gasteiger partial charge on any atom is 0.152 e. The molecule has 2 heterocycles. The quantitative estimate of drug-likeness (QED) is 0.736. The van der Waals surface area contributed by atoms with E-state index in [1.165, 1.54) is 0 Å². The normalized spacial score (nSPS) is 26.2. The van der Waals surface area contributed by atoms with E-state index >= 15 is 0 Å². The van der Waals surface area contributed by atoms with Gasteiger partial charge in [0, 0.05) is 0 Å². The summed E-state index contributed by atoms with van der Waals surface area (Å²) < 4.78 is 24.4. The lowest BCUT2D eigenvalue weighted by Gasteiger charge is -2.22. The molecule has 1 aliphatic heterocycles. The Bertz CT molecular complexity index is 426. The second-order valence-corrected chi connectivity index (χ2v) is 6.12. The summed E-state index contributed by atoms with van der Waals surface area (Å²) in [5.74, 6) is 0.455. The largest absolute Gasteiger partial charge is 0.250 e. The highest BCUT2D eigenvalue weighted by Gasteiger charge is 2.27. The third kappa shape index (κ3) is 1.93. The van der Waals surface area contributed by atoms with Crippen molar-refractivity contribution in [1.29, 1.82) is 0 Å². The molecule has 1 aromatic heterocycles. The zero-order chi connectivity index (χ0) is 10.2. The van der Waals surface area contributed by atoms with Crippen LogP contribution in [0.5, 0.6) is 0 Å². The molecule has 1 saturated heterocycles. The van der Waals surface area contributed by atoms with Gasteiger partial charge in [0.05, 0.1) is 23.7 Å². The maximum absolute atomic E-state index is 11.4. The van der Waals surface area contributed by atoms with Crippen molar-refractivity contribution in [2.75, 3.05) is 11.5 Å². The number of hydrogen-bond acceptors (Lipinski definition) is 3. The van der Waals surface area contributed by atoms with E-state index in [1.807, 2.05) is 0 Å². The minimum atomic E-state index is -2.89. The van der Waals surface area contributed by atoms with Crippen molar-refractivity contribution in [1.82, 2.24) is 9.78 Å². The lowest BCUT2D eigenvalue weighted by molar-refractivity contribution is 0.435. The molecule has 6 heteroatoms. The molecular formula is C8H11ClN2O2S. The number of aromatic nitrogens is 2. The lowest BCUT2D eigenvalue weighted by Crippen LogP contribution is -2.28. The van der Waals surface area contributed by atoms with E-state index in [2.05, 4.69) is 5.10 Å². The van der Waals surface area contributed by atoms with Gasteiger partial charge in [0.2, 0.25) is 0 Å². The molecule has 1 aliphatic rings. The highest BCUT2D eigenvalue weighted by Crippen LogP contribution is 2.25. The first kappa shape index (κ1) is 9.98. The van der Waals surface area contributed by atoms with E-state index in [0.29, 0.717) is 17.3 Å². The molecule has 14 heavy (non-hydrogen) atoms. The lowest BCUT2D eigenvalue weighted by atomic mass is 10.2. The van der Waals surface area contributed by atoms with Crippen LogP contribution in [0.1, 0.15) is 18.9 Å². The van der Waals surface area contributed by atoms with Crippen molar-refractivity contribution < 1.29 is 8.42 Å². The van der Waals surface area contributed by atoms with Crippen LogP contribution in [0, 0.1) is 0 Å². The van der Waals surface area contributed by atoms with Crippen LogP contribution in [0.25, 0.3) is 0 Å². The van der Waals surface area contributed by atoms with Gasteiger partial charge in [-0.1, -0.05) is 11.6 Å². The summed E-state index contributed by atoms with van der Waals surface area (Å²) >= 11 is 5.87. The number of hydrogen-bond donors (Lipinski definition) is 0. The van der Waals surface area contributed by atoms with Gasteiger partial charge in [0.15, 0.2) is 9.84 Å². The topological polar surface area (TPSA) is 52.0 Å². The molecule has 0 N–H and O–H groups in total. The van der Waals surface area contributed by atoms with E-state index in [4.69, 9.17) is 11.6 Å². The second kappa shape index (κ2) is 3.55. The number of sulfone groups is 1. The Balaban J connectivity index is 2.24. The maximum atomic E-state index is 11.4. The molecule has 1 atom stereocenters. The fourth-order valence-corrected chi connectivity index (χ4v) is 3.66. The summed E-state index contributed by atoms with van der Waals surface area (Å²) in [4.78, 5) is 0. The Labute approximate surface area is 87.8 Å². The van der Waals surface area contributed by atoms with E-state index < -0.39 is 9.84 Å². The van der Waals surface area contributed by atoms with Gasteiger partial charge in [-0.25, -0.2) is 13.1 Å². The van der Waals surface area contributed by atoms with Crippen LogP contribution in [0.15, 0.2) is 12.3 Å². The van der Waals surface area contributed by atoms with Crippen molar-refractivity contribution >= 4 is 21.4 Å². The number of halogens is 1. The van der Waals surface area contributed by atoms with Crippen molar-refractivity contribution in [3.05, 3.63) is 17.4 Å². The van der Waals surface area contributed by atoms with Crippen molar-refractivity contribution in [2.45, 2.75) is 18.9 Å². The molecular weight excluding hydrogens is 224 g/mol. The SMILES string of the molecule is O=S1(=O)CCCC(n2nccc2Cl)C1. The summed E-state index contributed by atoms with van der Waals surface area (Å²) in [6.07, 6.45) is 3.12. The van der Waals surface area contributed by atoms with Crippen molar-refractivity contribution in [3.8, 4) is 0 Å². The van der Waals surface area contributed by atoms with E-state index in [1.54, 1.807) is 16.9 Å². The molecule has 0 aromatic carbocycles. The standard InChI is InChI=1S/C8H11ClN2O2S/c9-8-3-4-10-11(8)7-2-1-5-14(12,13)6-7/h3-4,7H,1-2,5-6H2. The second-order valence-electron chi connectivity index (χ2n) is 3.51. The highest BCUT2D eigenvalue weighted by atomic mass is 35.5. The molecule has 1 unspecified atom stereocenters. The Kier molecular flexibility index (Phi) is 2.53. The third-order valence-electron chi connectivity index (χ3n) is 2.41. The molecule has 0 amide bonds. The summed E-state index contributed by atoms with van der Waals surface area (Å²) in [6, 6.07) is 1.58. The van der Waals surface area contributed by atoms with Gasteiger partial charge in [0.1, 0.15) is 5.15 Å². The van der Waals surface area contributed by atoms with E-state index in [9.17, 15) is 8.42 Å². The van der Waals surface area contributed by atoms with Gasteiger partial charge in [-0.2, -0.15) is 5.10 Å². The molecule has 1 aromatic rings. The molecule has 1 fully saturated rings. The van der Waals surface area contributed by atoms with Crippen LogP contribution in [0.4, 0.5) is 0 Å². The van der Waals surface area contributed by atoms with E-state index in [0.717, 1.165) is 6.42 Å². The van der Waals surface area contributed by atoms with Gasteiger partial charge in [-0.15, -0.1) is 0 Å². The Morgan fingerprint density at radius 2 is 2.36 bits per heavy atom. The number of nitrogens with zero attached hydrogens (tertiary/aromatic N) is 2. The zero-order valence-electron chi connectivity index (χ0n) is 7.56. The molecule has 78 valence electrons. The zero-order valence-corrected chi connectivity index (χ0v) is 9.13. The van der Waals surface area contributed by atoms with Crippen molar-refractivity contribution in [3.63, 3.8) is 0 Å². The summed E-state index contributed by atoms with van der Waals surface area (Å²) in [7, 11) is -2.89. The van der Waals surface area contributed by atoms with Crippen molar-refractivity contribution in [2.24, 2.45) is 0 Å². The predicted octanol–water partition coefficient (Wildman–Crippen LogP) is 1.29. The molecule has 2 rings (SSSR count). The Hall–Kier alpha value is -0.550. The fourth-order valence-electron chi connectivity index (χ4n) is 1.76. The average Bonchev–Trinajstić information content (AvgIpc) is 2.49. The van der Waals surface area contributed by atoms with Crippen LogP contribution < -0.4 is 0 Å². The van der Waals surface area contributed by atoms with Gasteiger partial charge in [-0.3, -0.25) is 0 Å². The predicted molar refractivity (Wildman–Crippen MR) is 54.2 cm³/mol. The van der Waals surface area contributed by atoms with Crippen LogP contribution in [-0.4, -0.2) is 29.7 Å². The monoisotopic (exact) mass is 234 g/mol. The highest BCUT2D eigenvalue weighted by molar-refractivity contribution is 7.91. The summed E-state index contributed by atoms with van der Waals surface area (Å²) in [6.45, 7) is 0. The molecule has 4 nitrogen and oxygen atoms in total. The molecule has 0 saturated carbocycles. The molecule has 0 bridgehead atoms. The van der Waals surface area contributed by atoms with Gasteiger partial charge >= 0.3 is 0 Å². The smallest absolute Gasteiger partial charge is 0.152 e. The Morgan fingerprint density at radius 1 is 1.57 bits per heavy atom. The minimum Gasteiger partial charge on any atom is -0.250 e. The van der Waals surface area contributed by atoms with Crippen LogP contribution >= 0.6 is 11.6 Å². The minimum absolute atomic E-state index is 0.0868. The van der Waals surface area contributed by atoms with Crippen LogP contribution in [0.3, 0.4) is 0 Å². The molecule has 0 aliphatic carbocycles.